The van der Waals surface area contributed by atoms with E-state index in [2.05, 4.69) is 11.0 Å². The number of hydrogen-bond donors (Lipinski definition) is 2. The van der Waals surface area contributed by atoms with Gasteiger partial charge in [-0.1, -0.05) is 25.3 Å². The van der Waals surface area contributed by atoms with E-state index in [-0.39, 0.29) is 11.4 Å². The Hall–Kier alpha value is -1.88. The first kappa shape index (κ1) is 15.6. The van der Waals surface area contributed by atoms with Crippen LogP contribution in [0, 0.1) is 11.2 Å². The molecule has 1 aliphatic heterocycles. The molecule has 1 saturated carbocycles. The van der Waals surface area contributed by atoms with Crippen molar-refractivity contribution < 1.29 is 14.4 Å². The Kier molecular flexibility index (Phi) is 3.83. The molecule has 0 bridgehead atoms. The number of hydroxylamine groups is 1. The van der Waals surface area contributed by atoms with E-state index in [1.165, 1.54) is 43.9 Å². The molecule has 0 atom stereocenters. The van der Waals surface area contributed by atoms with Crippen LogP contribution in [0.1, 0.15) is 60.0 Å². The minimum absolute atomic E-state index is 0.172. The van der Waals surface area contributed by atoms with Crippen LogP contribution in [-0.4, -0.2) is 22.6 Å². The van der Waals surface area contributed by atoms with Gasteiger partial charge < -0.3 is 4.90 Å². The van der Waals surface area contributed by atoms with Crippen LogP contribution in [0.4, 0.5) is 4.39 Å². The van der Waals surface area contributed by atoms with Crippen molar-refractivity contribution in [1.29, 1.82) is 0 Å². The average molecular weight is 330 g/mol. The van der Waals surface area contributed by atoms with E-state index in [0.29, 0.717) is 17.5 Å². The Morgan fingerprint density at radius 1 is 1.25 bits per heavy atom. The zero-order valence-corrected chi connectivity index (χ0v) is 13.8. The SMILES string of the molecule is O=C(NO)c1cc(F)c2c(c1)CCN(C1=CC3(CCCCC3)C1)C2. The van der Waals surface area contributed by atoms with Gasteiger partial charge in [-0.3, -0.25) is 10.0 Å². The smallest absolute Gasteiger partial charge is 0.274 e. The van der Waals surface area contributed by atoms with Gasteiger partial charge in [0, 0.05) is 29.9 Å². The number of amides is 1. The molecule has 0 saturated heterocycles. The van der Waals surface area contributed by atoms with Gasteiger partial charge in [-0.2, -0.15) is 0 Å². The summed E-state index contributed by atoms with van der Waals surface area (Å²) in [5.74, 6) is -1.02. The van der Waals surface area contributed by atoms with Crippen molar-refractivity contribution in [2.45, 2.75) is 51.5 Å². The molecule has 1 fully saturated rings. The second kappa shape index (κ2) is 5.88. The fraction of sp³-hybridized carbons (Fsp3) is 0.526. The summed E-state index contributed by atoms with van der Waals surface area (Å²) in [6.07, 6.45) is 10.9. The highest BCUT2D eigenvalue weighted by atomic mass is 19.1. The summed E-state index contributed by atoms with van der Waals surface area (Å²) in [5, 5.41) is 8.72. The molecular formula is C19H23FN2O2. The zero-order valence-electron chi connectivity index (χ0n) is 13.8. The lowest BCUT2D eigenvalue weighted by molar-refractivity contribution is 0.0705. The summed E-state index contributed by atoms with van der Waals surface area (Å²) < 4.78 is 14.4. The molecule has 1 spiro atoms. The van der Waals surface area contributed by atoms with Gasteiger partial charge in [-0.25, -0.2) is 9.87 Å². The summed E-state index contributed by atoms with van der Waals surface area (Å²) in [6.45, 7) is 1.43. The van der Waals surface area contributed by atoms with Gasteiger partial charge in [-0.05, 0) is 48.8 Å². The number of nitrogens with one attached hydrogen (secondary N) is 1. The molecule has 2 N–H and O–H groups in total. The average Bonchev–Trinajstić information content (AvgIpc) is 2.59. The minimum Gasteiger partial charge on any atom is -0.370 e. The predicted molar refractivity (Wildman–Crippen MR) is 88.0 cm³/mol. The number of rotatable bonds is 2. The first-order valence-corrected chi connectivity index (χ1v) is 8.83. The summed E-state index contributed by atoms with van der Waals surface area (Å²) in [4.78, 5) is 13.8. The Balaban J connectivity index is 1.52. The maximum Gasteiger partial charge on any atom is 0.274 e. The highest BCUT2D eigenvalue weighted by Gasteiger charge is 2.40. The molecule has 24 heavy (non-hydrogen) atoms. The molecule has 2 aliphatic carbocycles. The molecule has 1 amide bonds. The summed E-state index contributed by atoms with van der Waals surface area (Å²) in [7, 11) is 0. The number of hydrogen-bond acceptors (Lipinski definition) is 3. The van der Waals surface area contributed by atoms with Crippen molar-refractivity contribution >= 4 is 5.91 Å². The lowest BCUT2D eigenvalue weighted by atomic mass is 9.64. The van der Waals surface area contributed by atoms with Crippen molar-refractivity contribution in [2.75, 3.05) is 6.54 Å². The molecule has 4 rings (SSSR count). The molecule has 1 heterocycles. The lowest BCUT2D eigenvalue weighted by Crippen LogP contribution is -2.40. The Bertz CT molecular complexity index is 708. The van der Waals surface area contributed by atoms with E-state index in [1.54, 1.807) is 11.5 Å². The van der Waals surface area contributed by atoms with Gasteiger partial charge >= 0.3 is 0 Å². The first-order chi connectivity index (χ1) is 11.6. The van der Waals surface area contributed by atoms with E-state index in [0.717, 1.165) is 24.9 Å². The van der Waals surface area contributed by atoms with Gasteiger partial charge in [0.15, 0.2) is 0 Å². The van der Waals surface area contributed by atoms with Crippen LogP contribution in [-0.2, 0) is 13.0 Å². The van der Waals surface area contributed by atoms with E-state index in [9.17, 15) is 9.18 Å². The molecule has 0 unspecified atom stereocenters. The molecule has 1 aromatic carbocycles. The van der Waals surface area contributed by atoms with Gasteiger partial charge in [0.1, 0.15) is 5.82 Å². The maximum atomic E-state index is 14.4. The van der Waals surface area contributed by atoms with Gasteiger partial charge in [0.2, 0.25) is 0 Å². The molecule has 0 radical (unpaired) electrons. The van der Waals surface area contributed by atoms with Crippen LogP contribution in [0.5, 0.6) is 0 Å². The van der Waals surface area contributed by atoms with Crippen molar-refractivity contribution in [1.82, 2.24) is 10.4 Å². The summed E-state index contributed by atoms with van der Waals surface area (Å²) in [6, 6.07) is 2.91. The van der Waals surface area contributed by atoms with Crippen LogP contribution >= 0.6 is 0 Å². The van der Waals surface area contributed by atoms with Gasteiger partial charge in [0.05, 0.1) is 0 Å². The van der Waals surface area contributed by atoms with E-state index in [4.69, 9.17) is 5.21 Å². The van der Waals surface area contributed by atoms with Crippen LogP contribution in [0.3, 0.4) is 0 Å². The highest BCUT2D eigenvalue weighted by Crippen LogP contribution is 2.51. The maximum absolute atomic E-state index is 14.4. The Morgan fingerprint density at radius 2 is 2.00 bits per heavy atom. The van der Waals surface area contributed by atoms with Crippen molar-refractivity contribution in [3.8, 4) is 0 Å². The van der Waals surface area contributed by atoms with Crippen molar-refractivity contribution in [2.24, 2.45) is 5.41 Å². The monoisotopic (exact) mass is 330 g/mol. The Morgan fingerprint density at radius 3 is 2.71 bits per heavy atom. The van der Waals surface area contributed by atoms with Crippen LogP contribution < -0.4 is 5.48 Å². The lowest BCUT2D eigenvalue weighted by Gasteiger charge is -2.47. The third kappa shape index (κ3) is 2.61. The predicted octanol–water partition coefficient (Wildman–Crippen LogP) is 3.54. The minimum atomic E-state index is -0.667. The van der Waals surface area contributed by atoms with E-state index in [1.807, 2.05) is 0 Å². The molecule has 3 aliphatic rings. The van der Waals surface area contributed by atoms with E-state index < -0.39 is 5.91 Å². The fourth-order valence-corrected chi connectivity index (χ4v) is 4.52. The number of benzene rings is 1. The molecule has 4 nitrogen and oxygen atoms in total. The first-order valence-electron chi connectivity index (χ1n) is 8.83. The summed E-state index contributed by atoms with van der Waals surface area (Å²) >= 11 is 0. The molecule has 0 aromatic heterocycles. The number of nitrogens with zero attached hydrogens (tertiary/aromatic N) is 1. The third-order valence-electron chi connectivity index (χ3n) is 5.91. The number of carbonyl (C=O) groups excluding carboxylic acids is 1. The largest absolute Gasteiger partial charge is 0.370 e. The third-order valence-corrected chi connectivity index (χ3v) is 5.91. The second-order valence-electron chi connectivity index (χ2n) is 7.44. The van der Waals surface area contributed by atoms with Crippen molar-refractivity contribution in [3.63, 3.8) is 0 Å². The summed E-state index contributed by atoms with van der Waals surface area (Å²) in [5.41, 5.74) is 5.08. The number of allylic oxidation sites excluding steroid dienone is 2. The van der Waals surface area contributed by atoms with Crippen LogP contribution in [0.25, 0.3) is 0 Å². The molecule has 128 valence electrons. The van der Waals surface area contributed by atoms with Gasteiger partial charge in [0.25, 0.3) is 5.91 Å². The second-order valence-corrected chi connectivity index (χ2v) is 7.44. The van der Waals surface area contributed by atoms with Crippen LogP contribution in [0.2, 0.25) is 0 Å². The number of fused-ring (bicyclic) bond motifs is 1. The quantitative estimate of drug-likeness (QED) is 0.644. The molecular weight excluding hydrogens is 307 g/mol. The normalized spacial score (nSPS) is 21.8. The standard InChI is InChI=1S/C19H23FN2O2/c20-17-9-14(18(23)21-24)8-13-4-7-22(12-16(13)17)15-10-19(11-15)5-2-1-3-6-19/h8-10,24H,1-7,11-12H2,(H,21,23). The fourth-order valence-electron chi connectivity index (χ4n) is 4.52. The molecule has 5 heteroatoms. The number of halogens is 1. The highest BCUT2D eigenvalue weighted by molar-refractivity contribution is 5.93. The molecule has 1 aromatic rings. The van der Waals surface area contributed by atoms with E-state index >= 15 is 0 Å². The number of carbonyl (C=O) groups is 1. The Labute approximate surface area is 141 Å². The van der Waals surface area contributed by atoms with Crippen molar-refractivity contribution in [3.05, 3.63) is 46.4 Å². The topological polar surface area (TPSA) is 52.6 Å². The van der Waals surface area contributed by atoms with Gasteiger partial charge in [-0.15, -0.1) is 0 Å². The van der Waals surface area contributed by atoms with Crippen LogP contribution in [0.15, 0.2) is 23.9 Å². The zero-order chi connectivity index (χ0) is 16.7.